The second-order valence-corrected chi connectivity index (χ2v) is 8.38. The van der Waals surface area contributed by atoms with Gasteiger partial charge in [0.05, 0.1) is 5.25 Å². The van der Waals surface area contributed by atoms with Gasteiger partial charge in [-0.25, -0.2) is 0 Å². The van der Waals surface area contributed by atoms with Crippen molar-refractivity contribution in [1.29, 1.82) is 0 Å². The Bertz CT molecular complexity index is 420. The van der Waals surface area contributed by atoms with Crippen molar-refractivity contribution >= 4 is 23.5 Å². The number of thioether (sulfide) groups is 2. The number of hydrogen-bond donors (Lipinski definition) is 1. The fourth-order valence-electron chi connectivity index (χ4n) is 2.53. The van der Waals surface area contributed by atoms with Crippen LogP contribution >= 0.6 is 23.5 Å². The summed E-state index contributed by atoms with van der Waals surface area (Å²) in [4.78, 5) is 4.68. The maximum atomic E-state index is 5.51. The van der Waals surface area contributed by atoms with Crippen LogP contribution in [0, 0.1) is 0 Å². The average Bonchev–Trinajstić information content (AvgIpc) is 2.93. The third-order valence-electron chi connectivity index (χ3n) is 3.98. The standard InChI is InChI=1S/C13H21N3OS2/c1-8-9(2)19-11(7-18-8)12-15-13(17-16-12)10-3-5-14-6-4-10/h8-11,14H,3-7H2,1-2H3. The van der Waals surface area contributed by atoms with E-state index in [1.54, 1.807) is 0 Å². The van der Waals surface area contributed by atoms with Crippen molar-refractivity contribution in [1.82, 2.24) is 15.5 Å². The van der Waals surface area contributed by atoms with Crippen LogP contribution in [0.4, 0.5) is 0 Å². The van der Waals surface area contributed by atoms with E-state index in [1.807, 2.05) is 23.5 Å². The van der Waals surface area contributed by atoms with Gasteiger partial charge in [0.15, 0.2) is 5.82 Å². The number of piperidine rings is 1. The molecular formula is C13H21N3OS2. The van der Waals surface area contributed by atoms with Gasteiger partial charge < -0.3 is 9.84 Å². The highest BCUT2D eigenvalue weighted by Crippen LogP contribution is 2.43. The molecule has 6 heteroatoms. The van der Waals surface area contributed by atoms with Crippen LogP contribution in [-0.2, 0) is 0 Å². The van der Waals surface area contributed by atoms with Crippen LogP contribution in [0.2, 0.25) is 0 Å². The van der Waals surface area contributed by atoms with Crippen LogP contribution in [0.5, 0.6) is 0 Å². The molecule has 3 unspecified atom stereocenters. The van der Waals surface area contributed by atoms with Crippen LogP contribution in [0.3, 0.4) is 0 Å². The summed E-state index contributed by atoms with van der Waals surface area (Å²) in [5.41, 5.74) is 0. The zero-order valence-electron chi connectivity index (χ0n) is 11.5. The summed E-state index contributed by atoms with van der Waals surface area (Å²) in [6, 6.07) is 0. The lowest BCUT2D eigenvalue weighted by atomic mass is 9.98. The van der Waals surface area contributed by atoms with Crippen LogP contribution in [0.1, 0.15) is 49.6 Å². The van der Waals surface area contributed by atoms with Gasteiger partial charge >= 0.3 is 0 Å². The Balaban J connectivity index is 1.67. The Kier molecular flexibility index (Phi) is 4.39. The number of aromatic nitrogens is 2. The second kappa shape index (κ2) is 6.06. The summed E-state index contributed by atoms with van der Waals surface area (Å²) in [7, 11) is 0. The molecule has 0 spiro atoms. The van der Waals surface area contributed by atoms with Gasteiger partial charge in [-0.1, -0.05) is 19.0 Å². The van der Waals surface area contributed by atoms with Crippen LogP contribution < -0.4 is 5.32 Å². The molecule has 1 aromatic heterocycles. The van der Waals surface area contributed by atoms with Gasteiger partial charge in [0.25, 0.3) is 0 Å². The van der Waals surface area contributed by atoms with E-state index in [4.69, 9.17) is 4.52 Å². The number of rotatable bonds is 2. The Morgan fingerprint density at radius 2 is 2.00 bits per heavy atom. The highest BCUT2D eigenvalue weighted by atomic mass is 32.2. The largest absolute Gasteiger partial charge is 0.339 e. The molecule has 3 atom stereocenters. The summed E-state index contributed by atoms with van der Waals surface area (Å²) in [6.07, 6.45) is 2.23. The van der Waals surface area contributed by atoms with E-state index in [1.165, 1.54) is 0 Å². The summed E-state index contributed by atoms with van der Waals surface area (Å²) >= 11 is 4.01. The van der Waals surface area contributed by atoms with E-state index in [0.29, 0.717) is 16.4 Å². The quantitative estimate of drug-likeness (QED) is 0.906. The molecule has 3 heterocycles. The van der Waals surface area contributed by atoms with Gasteiger partial charge in [-0.15, -0.1) is 11.8 Å². The smallest absolute Gasteiger partial charge is 0.229 e. The summed E-state index contributed by atoms with van der Waals surface area (Å²) < 4.78 is 5.51. The predicted molar refractivity (Wildman–Crippen MR) is 80.9 cm³/mol. The van der Waals surface area contributed by atoms with Gasteiger partial charge in [-0.2, -0.15) is 16.7 Å². The first-order valence-corrected chi connectivity index (χ1v) is 9.04. The van der Waals surface area contributed by atoms with E-state index in [-0.39, 0.29) is 0 Å². The third-order valence-corrected chi connectivity index (χ3v) is 7.37. The molecule has 2 aliphatic rings. The Hall–Kier alpha value is -0.200. The molecule has 0 amide bonds. The monoisotopic (exact) mass is 299 g/mol. The van der Waals surface area contributed by atoms with Crippen molar-refractivity contribution in [2.45, 2.75) is 48.4 Å². The van der Waals surface area contributed by atoms with Crippen LogP contribution in [0.15, 0.2) is 4.52 Å². The van der Waals surface area contributed by atoms with Gasteiger partial charge in [0.2, 0.25) is 5.89 Å². The second-order valence-electron chi connectivity index (χ2n) is 5.38. The van der Waals surface area contributed by atoms with Gasteiger partial charge in [-0.3, -0.25) is 0 Å². The first-order chi connectivity index (χ1) is 9.24. The molecule has 2 fully saturated rings. The molecule has 19 heavy (non-hydrogen) atoms. The Morgan fingerprint density at radius 3 is 2.74 bits per heavy atom. The molecule has 3 rings (SSSR count). The molecule has 0 aliphatic carbocycles. The van der Waals surface area contributed by atoms with E-state index in [0.717, 1.165) is 48.6 Å². The molecule has 106 valence electrons. The SMILES string of the molecule is CC1SCC(c2noc(C3CCNCC3)n2)SC1C. The minimum Gasteiger partial charge on any atom is -0.339 e. The van der Waals surface area contributed by atoms with Crippen LogP contribution in [-0.4, -0.2) is 39.5 Å². The average molecular weight is 299 g/mol. The van der Waals surface area contributed by atoms with E-state index in [9.17, 15) is 0 Å². The van der Waals surface area contributed by atoms with Crippen molar-refractivity contribution in [3.8, 4) is 0 Å². The first kappa shape index (κ1) is 13.8. The van der Waals surface area contributed by atoms with Crippen molar-refractivity contribution in [3.63, 3.8) is 0 Å². The maximum Gasteiger partial charge on any atom is 0.229 e. The van der Waals surface area contributed by atoms with Gasteiger partial charge in [-0.05, 0) is 25.9 Å². The highest BCUT2D eigenvalue weighted by Gasteiger charge is 2.31. The van der Waals surface area contributed by atoms with Gasteiger partial charge in [0.1, 0.15) is 0 Å². The zero-order valence-corrected chi connectivity index (χ0v) is 13.1. The molecule has 1 aromatic rings. The maximum absolute atomic E-state index is 5.51. The molecule has 0 saturated carbocycles. The Labute approximate surface area is 122 Å². The van der Waals surface area contributed by atoms with Crippen molar-refractivity contribution in [2.24, 2.45) is 0 Å². The summed E-state index contributed by atoms with van der Waals surface area (Å²) in [6.45, 7) is 6.72. The molecule has 0 aromatic carbocycles. The topological polar surface area (TPSA) is 51.0 Å². The Morgan fingerprint density at radius 1 is 1.21 bits per heavy atom. The molecule has 2 saturated heterocycles. The third kappa shape index (κ3) is 3.11. The minimum atomic E-state index is 0.399. The first-order valence-electron chi connectivity index (χ1n) is 7.05. The molecule has 1 N–H and O–H groups in total. The lowest BCUT2D eigenvalue weighted by Crippen LogP contribution is -2.26. The van der Waals surface area contributed by atoms with Crippen LogP contribution in [0.25, 0.3) is 0 Å². The molecule has 4 nitrogen and oxygen atoms in total. The lowest BCUT2D eigenvalue weighted by molar-refractivity contribution is 0.318. The normalized spacial score (nSPS) is 33.5. The van der Waals surface area contributed by atoms with E-state index < -0.39 is 0 Å². The van der Waals surface area contributed by atoms with Gasteiger partial charge in [0, 0.05) is 22.2 Å². The number of hydrogen-bond acceptors (Lipinski definition) is 6. The number of nitrogens with one attached hydrogen (secondary N) is 1. The predicted octanol–water partition coefficient (Wildman–Crippen LogP) is 2.83. The van der Waals surface area contributed by atoms with Crippen molar-refractivity contribution < 1.29 is 4.52 Å². The summed E-state index contributed by atoms with van der Waals surface area (Å²) in [5.74, 6) is 3.32. The molecule has 0 bridgehead atoms. The van der Waals surface area contributed by atoms with Crippen molar-refractivity contribution in [3.05, 3.63) is 11.7 Å². The van der Waals surface area contributed by atoms with Crippen molar-refractivity contribution in [2.75, 3.05) is 18.8 Å². The number of nitrogens with zero attached hydrogens (tertiary/aromatic N) is 2. The van der Waals surface area contributed by atoms with E-state index in [2.05, 4.69) is 29.3 Å². The lowest BCUT2D eigenvalue weighted by Gasteiger charge is -2.29. The fraction of sp³-hybridized carbons (Fsp3) is 0.846. The zero-order chi connectivity index (χ0) is 13.2. The highest BCUT2D eigenvalue weighted by molar-refractivity contribution is 8.07. The minimum absolute atomic E-state index is 0.399. The fourth-order valence-corrected chi connectivity index (χ4v) is 5.37. The summed E-state index contributed by atoms with van der Waals surface area (Å²) in [5, 5.41) is 9.38. The molecule has 2 aliphatic heterocycles. The molecule has 0 radical (unpaired) electrons. The molecular weight excluding hydrogens is 278 g/mol. The van der Waals surface area contributed by atoms with E-state index >= 15 is 0 Å².